The van der Waals surface area contributed by atoms with Gasteiger partial charge in [-0.2, -0.15) is 0 Å². The summed E-state index contributed by atoms with van der Waals surface area (Å²) in [6.45, 7) is 6.51. The zero-order valence-electron chi connectivity index (χ0n) is 17.1. The van der Waals surface area contributed by atoms with Gasteiger partial charge in [0, 0.05) is 16.3 Å². The fraction of sp³-hybridized carbons (Fsp3) is 0.280. The van der Waals surface area contributed by atoms with Gasteiger partial charge in [0.05, 0.1) is 5.78 Å². The molecule has 0 aromatic heterocycles. The van der Waals surface area contributed by atoms with E-state index in [4.69, 9.17) is 0 Å². The molecule has 1 heterocycles. The van der Waals surface area contributed by atoms with Crippen molar-refractivity contribution in [2.45, 2.75) is 38.9 Å². The maximum Gasteiger partial charge on any atom is 0.164 e. The van der Waals surface area contributed by atoms with Gasteiger partial charge in [-0.3, -0.25) is 0 Å². The minimum absolute atomic E-state index is 0.0822. The van der Waals surface area contributed by atoms with Crippen molar-refractivity contribution >= 4 is 23.4 Å². The Labute approximate surface area is 172 Å². The van der Waals surface area contributed by atoms with Crippen molar-refractivity contribution in [3.63, 3.8) is 0 Å². The Balaban J connectivity index is 1.88. The normalized spacial score (nSPS) is 19.3. The summed E-state index contributed by atoms with van der Waals surface area (Å²) in [4.78, 5) is 0. The van der Waals surface area contributed by atoms with Crippen LogP contribution >= 0.6 is 7.14 Å². The van der Waals surface area contributed by atoms with Crippen molar-refractivity contribution in [2.24, 2.45) is 5.41 Å². The van der Waals surface area contributed by atoms with Crippen LogP contribution in [0.4, 0.5) is 10.1 Å². The number of rotatable bonds is 3. The van der Waals surface area contributed by atoms with E-state index < -0.39 is 7.14 Å². The third-order valence-electron chi connectivity index (χ3n) is 5.93. The average molecular weight is 407 g/mol. The van der Waals surface area contributed by atoms with Crippen molar-refractivity contribution in [3.05, 3.63) is 90.2 Å². The van der Waals surface area contributed by atoms with Crippen molar-refractivity contribution < 1.29 is 8.96 Å². The summed E-state index contributed by atoms with van der Waals surface area (Å²) in [5.74, 6) is -0.387. The predicted molar refractivity (Wildman–Crippen MR) is 120 cm³/mol. The molecule has 0 amide bonds. The molecule has 4 heteroatoms. The second-order valence-electron chi connectivity index (χ2n) is 8.88. The number of benzene rings is 3. The Kier molecular flexibility index (Phi) is 5.12. The lowest BCUT2D eigenvalue weighted by Gasteiger charge is -2.42. The van der Waals surface area contributed by atoms with Crippen molar-refractivity contribution in [3.8, 4) is 0 Å². The third-order valence-corrected chi connectivity index (χ3v) is 9.28. The van der Waals surface area contributed by atoms with Crippen LogP contribution in [0.15, 0.2) is 78.9 Å². The minimum Gasteiger partial charge on any atom is -0.375 e. The molecule has 4 rings (SSSR count). The SMILES string of the molecule is CC(C)(C)C1CC(P(=O)(c2ccccc2)c2ccccc2)Nc2ccc(F)cc21. The second-order valence-corrected chi connectivity index (χ2v) is 11.8. The number of hydrogen-bond donors (Lipinski definition) is 1. The Bertz CT molecular complexity index is 1000. The van der Waals surface area contributed by atoms with Crippen molar-refractivity contribution in [2.75, 3.05) is 5.32 Å². The van der Waals surface area contributed by atoms with Gasteiger partial charge < -0.3 is 9.88 Å². The highest BCUT2D eigenvalue weighted by Crippen LogP contribution is 2.57. The van der Waals surface area contributed by atoms with Gasteiger partial charge in [-0.1, -0.05) is 81.4 Å². The van der Waals surface area contributed by atoms with E-state index in [-0.39, 0.29) is 22.9 Å². The number of anilines is 1. The first-order chi connectivity index (χ1) is 13.8. The standard InChI is InChI=1S/C25H27FNOP/c1-25(2,3)22-17-24(27-23-15-14-18(26)16-21(22)23)29(28,19-10-6-4-7-11-19)20-12-8-5-9-13-20/h4-16,22,24,27H,17H2,1-3H3. The molecule has 1 aliphatic rings. The van der Waals surface area contributed by atoms with Gasteiger partial charge in [-0.05, 0) is 41.5 Å². The highest BCUT2D eigenvalue weighted by molar-refractivity contribution is 7.79. The fourth-order valence-corrected chi connectivity index (χ4v) is 7.49. The summed E-state index contributed by atoms with van der Waals surface area (Å²) < 4.78 is 28.8. The zero-order chi connectivity index (χ0) is 20.6. The monoisotopic (exact) mass is 407 g/mol. The fourth-order valence-electron chi connectivity index (χ4n) is 4.41. The van der Waals surface area contributed by atoms with E-state index in [2.05, 4.69) is 26.1 Å². The summed E-state index contributed by atoms with van der Waals surface area (Å²) >= 11 is 0. The van der Waals surface area contributed by atoms with Gasteiger partial charge in [-0.25, -0.2) is 4.39 Å². The van der Waals surface area contributed by atoms with Gasteiger partial charge in [-0.15, -0.1) is 0 Å². The molecule has 0 fully saturated rings. The smallest absolute Gasteiger partial charge is 0.164 e. The molecule has 0 radical (unpaired) electrons. The van der Waals surface area contributed by atoms with E-state index in [1.54, 1.807) is 12.1 Å². The van der Waals surface area contributed by atoms with Crippen LogP contribution in [0, 0.1) is 11.2 Å². The van der Waals surface area contributed by atoms with E-state index >= 15 is 0 Å². The maximum atomic E-state index is 14.8. The van der Waals surface area contributed by atoms with E-state index in [1.165, 1.54) is 6.07 Å². The molecule has 0 spiro atoms. The number of fused-ring (bicyclic) bond motifs is 1. The van der Waals surface area contributed by atoms with Crippen LogP contribution in [0.5, 0.6) is 0 Å². The first-order valence-electron chi connectivity index (χ1n) is 10.1. The van der Waals surface area contributed by atoms with Crippen LogP contribution in [0.1, 0.15) is 38.7 Å². The molecule has 0 bridgehead atoms. The zero-order valence-corrected chi connectivity index (χ0v) is 18.0. The molecule has 3 aromatic rings. The van der Waals surface area contributed by atoms with Crippen LogP contribution < -0.4 is 15.9 Å². The van der Waals surface area contributed by atoms with Crippen molar-refractivity contribution in [1.82, 2.24) is 0 Å². The highest BCUT2D eigenvalue weighted by atomic mass is 31.2. The number of hydrogen-bond acceptors (Lipinski definition) is 2. The Morgan fingerprint density at radius 2 is 1.45 bits per heavy atom. The molecule has 2 unspecified atom stereocenters. The van der Waals surface area contributed by atoms with Gasteiger partial charge in [0.25, 0.3) is 0 Å². The molecule has 2 atom stereocenters. The van der Waals surface area contributed by atoms with Gasteiger partial charge in [0.2, 0.25) is 0 Å². The summed E-state index contributed by atoms with van der Waals surface area (Å²) in [5.41, 5.74) is 1.78. The molecule has 0 saturated heterocycles. The van der Waals surface area contributed by atoms with E-state index in [0.29, 0.717) is 6.42 Å². The first-order valence-corrected chi connectivity index (χ1v) is 11.8. The number of nitrogens with one attached hydrogen (secondary N) is 1. The molecular formula is C25H27FNOP. The minimum atomic E-state index is -2.98. The van der Waals surface area contributed by atoms with Crippen LogP contribution in [-0.4, -0.2) is 5.78 Å². The largest absolute Gasteiger partial charge is 0.375 e. The number of halogens is 1. The molecule has 1 N–H and O–H groups in total. The summed E-state index contributed by atoms with van der Waals surface area (Å²) in [6, 6.07) is 24.4. The van der Waals surface area contributed by atoms with Crippen LogP contribution in [0.25, 0.3) is 0 Å². The topological polar surface area (TPSA) is 29.1 Å². The van der Waals surface area contributed by atoms with Crippen LogP contribution in [-0.2, 0) is 4.57 Å². The van der Waals surface area contributed by atoms with Crippen LogP contribution in [0.2, 0.25) is 0 Å². The van der Waals surface area contributed by atoms with E-state index in [9.17, 15) is 8.96 Å². The highest BCUT2D eigenvalue weighted by Gasteiger charge is 2.44. The van der Waals surface area contributed by atoms with E-state index in [1.807, 2.05) is 60.7 Å². The van der Waals surface area contributed by atoms with Crippen molar-refractivity contribution in [1.29, 1.82) is 0 Å². The molecule has 1 aliphatic heterocycles. The Hall–Kier alpha value is -2.38. The summed E-state index contributed by atoms with van der Waals surface area (Å²) in [6.07, 6.45) is 0.682. The summed E-state index contributed by atoms with van der Waals surface area (Å²) in [7, 11) is -2.98. The molecule has 150 valence electrons. The predicted octanol–water partition coefficient (Wildman–Crippen LogP) is 6.11. The Morgan fingerprint density at radius 3 is 1.97 bits per heavy atom. The molecular weight excluding hydrogens is 380 g/mol. The molecule has 0 saturated carbocycles. The third kappa shape index (κ3) is 3.65. The molecule has 3 aromatic carbocycles. The van der Waals surface area contributed by atoms with E-state index in [0.717, 1.165) is 21.9 Å². The lowest BCUT2D eigenvalue weighted by atomic mass is 9.73. The first kappa shape index (κ1) is 19.9. The average Bonchev–Trinajstić information content (AvgIpc) is 2.73. The lowest BCUT2D eigenvalue weighted by Crippen LogP contribution is -2.38. The van der Waals surface area contributed by atoms with Gasteiger partial charge in [0.1, 0.15) is 5.82 Å². The van der Waals surface area contributed by atoms with Gasteiger partial charge >= 0.3 is 0 Å². The second kappa shape index (κ2) is 7.46. The molecule has 29 heavy (non-hydrogen) atoms. The van der Waals surface area contributed by atoms with Gasteiger partial charge in [0.15, 0.2) is 7.14 Å². The maximum absolute atomic E-state index is 14.8. The molecule has 0 aliphatic carbocycles. The molecule has 2 nitrogen and oxygen atoms in total. The summed E-state index contributed by atoms with van der Waals surface area (Å²) in [5, 5.41) is 5.23. The Morgan fingerprint density at radius 1 is 0.897 bits per heavy atom. The quantitative estimate of drug-likeness (QED) is 0.531. The van der Waals surface area contributed by atoms with Crippen LogP contribution in [0.3, 0.4) is 0 Å². The lowest BCUT2D eigenvalue weighted by molar-refractivity contribution is 0.299.